The minimum atomic E-state index is -0.216. The summed E-state index contributed by atoms with van der Waals surface area (Å²) in [7, 11) is 5.84. The van der Waals surface area contributed by atoms with Gasteiger partial charge in [-0.1, -0.05) is 18.2 Å². The quantitative estimate of drug-likeness (QED) is 0.877. The summed E-state index contributed by atoms with van der Waals surface area (Å²) < 4.78 is 5.78. The summed E-state index contributed by atoms with van der Waals surface area (Å²) in [6, 6.07) is 7.28. The van der Waals surface area contributed by atoms with Crippen LogP contribution in [0.4, 0.5) is 0 Å². The second-order valence-corrected chi connectivity index (χ2v) is 7.32. The van der Waals surface area contributed by atoms with E-state index in [0.29, 0.717) is 25.1 Å². The standard InChI is InChI=1S/C19H27N3O3/c1-21(2)13-19(25-3)8-10-22(11-9-19)17(23)12-16-14-6-4-5-7-15(14)18(24)20-16/h4-7,16H,8-13H2,1-3H3,(H,20,24). The van der Waals surface area contributed by atoms with Gasteiger partial charge in [-0.05, 0) is 38.6 Å². The molecule has 1 aromatic carbocycles. The lowest BCUT2D eigenvalue weighted by atomic mass is 9.90. The molecule has 1 N–H and O–H groups in total. The van der Waals surface area contributed by atoms with E-state index < -0.39 is 0 Å². The Morgan fingerprint density at radius 3 is 2.64 bits per heavy atom. The summed E-state index contributed by atoms with van der Waals surface area (Å²) in [6.07, 6.45) is 1.98. The Balaban J connectivity index is 1.60. The first-order valence-corrected chi connectivity index (χ1v) is 8.81. The molecule has 6 heteroatoms. The van der Waals surface area contributed by atoms with E-state index in [1.54, 1.807) is 7.11 Å². The van der Waals surface area contributed by atoms with Crippen LogP contribution in [0.5, 0.6) is 0 Å². The summed E-state index contributed by atoms with van der Waals surface area (Å²) in [5.74, 6) is 0.00739. The zero-order chi connectivity index (χ0) is 18.0. The van der Waals surface area contributed by atoms with Crippen molar-refractivity contribution in [3.63, 3.8) is 0 Å². The maximum Gasteiger partial charge on any atom is 0.252 e. The highest BCUT2D eigenvalue weighted by atomic mass is 16.5. The van der Waals surface area contributed by atoms with Gasteiger partial charge in [0.1, 0.15) is 0 Å². The summed E-state index contributed by atoms with van der Waals surface area (Å²) in [6.45, 7) is 2.25. The molecular weight excluding hydrogens is 318 g/mol. The average Bonchev–Trinajstić information content (AvgIpc) is 2.91. The zero-order valence-electron chi connectivity index (χ0n) is 15.2. The van der Waals surface area contributed by atoms with Crippen LogP contribution in [0.1, 0.15) is 41.2 Å². The van der Waals surface area contributed by atoms with Gasteiger partial charge in [-0.25, -0.2) is 0 Å². The summed E-state index contributed by atoms with van der Waals surface area (Å²) in [4.78, 5) is 28.8. The van der Waals surface area contributed by atoms with Crippen molar-refractivity contribution in [2.24, 2.45) is 0 Å². The highest BCUT2D eigenvalue weighted by Crippen LogP contribution is 2.30. The van der Waals surface area contributed by atoms with Crippen molar-refractivity contribution < 1.29 is 14.3 Å². The lowest BCUT2D eigenvalue weighted by molar-refractivity contribution is -0.138. The molecule has 2 aliphatic rings. The number of fused-ring (bicyclic) bond motifs is 1. The molecule has 0 aliphatic carbocycles. The lowest BCUT2D eigenvalue weighted by Crippen LogP contribution is -2.52. The van der Waals surface area contributed by atoms with Gasteiger partial charge in [0, 0.05) is 32.3 Å². The average molecular weight is 345 g/mol. The second-order valence-electron chi connectivity index (χ2n) is 7.32. The maximum atomic E-state index is 12.7. The predicted molar refractivity (Wildman–Crippen MR) is 95.4 cm³/mol. The number of amides is 2. The molecule has 1 aromatic rings. The number of likely N-dealkylation sites (N-methyl/N-ethyl adjacent to an activating group) is 1. The highest BCUT2D eigenvalue weighted by Gasteiger charge is 2.37. The first kappa shape index (κ1) is 17.9. The van der Waals surface area contributed by atoms with Crippen LogP contribution < -0.4 is 5.32 Å². The Bertz CT molecular complexity index is 651. The van der Waals surface area contributed by atoms with Gasteiger partial charge in [0.25, 0.3) is 5.91 Å². The molecule has 1 saturated heterocycles. The van der Waals surface area contributed by atoms with Crippen LogP contribution in [0.3, 0.4) is 0 Å². The number of piperidine rings is 1. The number of hydrogen-bond donors (Lipinski definition) is 1. The van der Waals surface area contributed by atoms with E-state index in [-0.39, 0.29) is 23.5 Å². The molecule has 1 atom stereocenters. The van der Waals surface area contributed by atoms with E-state index >= 15 is 0 Å². The summed E-state index contributed by atoms with van der Waals surface area (Å²) >= 11 is 0. The van der Waals surface area contributed by atoms with Gasteiger partial charge < -0.3 is 19.9 Å². The van der Waals surface area contributed by atoms with Crippen LogP contribution in [-0.2, 0) is 9.53 Å². The third-order valence-corrected chi connectivity index (χ3v) is 5.33. The van der Waals surface area contributed by atoms with E-state index in [4.69, 9.17) is 4.74 Å². The maximum absolute atomic E-state index is 12.7. The molecule has 2 heterocycles. The van der Waals surface area contributed by atoms with Gasteiger partial charge in [-0.2, -0.15) is 0 Å². The number of benzene rings is 1. The number of hydrogen-bond acceptors (Lipinski definition) is 4. The van der Waals surface area contributed by atoms with Crippen LogP contribution in [0.15, 0.2) is 24.3 Å². The van der Waals surface area contributed by atoms with Crippen LogP contribution in [0.25, 0.3) is 0 Å². The van der Waals surface area contributed by atoms with E-state index in [2.05, 4.69) is 10.2 Å². The molecule has 0 bridgehead atoms. The van der Waals surface area contributed by atoms with Crippen LogP contribution in [0.2, 0.25) is 0 Å². The summed E-state index contributed by atoms with van der Waals surface area (Å²) in [5.41, 5.74) is 1.44. The van der Waals surface area contributed by atoms with Gasteiger partial charge >= 0.3 is 0 Å². The SMILES string of the molecule is COC1(CN(C)C)CCN(C(=O)CC2NC(=O)c3ccccc32)CC1. The van der Waals surface area contributed by atoms with Gasteiger partial charge in [0.2, 0.25) is 5.91 Å². The predicted octanol–water partition coefficient (Wildman–Crippen LogP) is 1.43. The van der Waals surface area contributed by atoms with Gasteiger partial charge in [-0.3, -0.25) is 9.59 Å². The zero-order valence-corrected chi connectivity index (χ0v) is 15.2. The Morgan fingerprint density at radius 1 is 1.32 bits per heavy atom. The molecule has 1 fully saturated rings. The Morgan fingerprint density at radius 2 is 2.00 bits per heavy atom. The molecule has 2 aliphatic heterocycles. The number of ether oxygens (including phenoxy) is 1. The van der Waals surface area contributed by atoms with Crippen molar-refractivity contribution in [3.8, 4) is 0 Å². The van der Waals surface area contributed by atoms with Gasteiger partial charge in [0.15, 0.2) is 0 Å². The number of carbonyl (C=O) groups excluding carboxylic acids is 2. The molecule has 25 heavy (non-hydrogen) atoms. The molecule has 136 valence electrons. The van der Waals surface area contributed by atoms with Gasteiger partial charge in [0.05, 0.1) is 18.1 Å². The van der Waals surface area contributed by atoms with E-state index in [0.717, 1.165) is 24.9 Å². The van der Waals surface area contributed by atoms with Crippen molar-refractivity contribution in [2.45, 2.75) is 30.9 Å². The Hall–Kier alpha value is -1.92. The molecule has 3 rings (SSSR count). The highest BCUT2D eigenvalue weighted by molar-refractivity contribution is 5.99. The molecular formula is C19H27N3O3. The molecule has 0 spiro atoms. The minimum Gasteiger partial charge on any atom is -0.377 e. The van der Waals surface area contributed by atoms with Gasteiger partial charge in [-0.15, -0.1) is 0 Å². The number of rotatable bonds is 5. The first-order valence-electron chi connectivity index (χ1n) is 8.81. The first-order chi connectivity index (χ1) is 11.9. The number of nitrogens with one attached hydrogen (secondary N) is 1. The molecule has 0 radical (unpaired) electrons. The third kappa shape index (κ3) is 3.70. The van der Waals surface area contributed by atoms with E-state index in [9.17, 15) is 9.59 Å². The van der Waals surface area contributed by atoms with Crippen molar-refractivity contribution in [3.05, 3.63) is 35.4 Å². The molecule has 1 unspecified atom stereocenters. The minimum absolute atomic E-state index is 0.0866. The largest absolute Gasteiger partial charge is 0.377 e. The van der Waals surface area contributed by atoms with Crippen LogP contribution >= 0.6 is 0 Å². The van der Waals surface area contributed by atoms with Crippen molar-refractivity contribution in [1.29, 1.82) is 0 Å². The second kappa shape index (κ2) is 7.14. The van der Waals surface area contributed by atoms with E-state index in [1.807, 2.05) is 43.3 Å². The fourth-order valence-corrected chi connectivity index (χ4v) is 3.95. The topological polar surface area (TPSA) is 61.9 Å². The van der Waals surface area contributed by atoms with Crippen molar-refractivity contribution >= 4 is 11.8 Å². The van der Waals surface area contributed by atoms with E-state index in [1.165, 1.54) is 0 Å². The van der Waals surface area contributed by atoms with Crippen LogP contribution in [-0.4, -0.2) is 68.1 Å². The number of carbonyl (C=O) groups is 2. The number of methoxy groups -OCH3 is 1. The molecule has 0 saturated carbocycles. The normalized spacial score (nSPS) is 22.0. The van der Waals surface area contributed by atoms with Crippen LogP contribution in [0, 0.1) is 0 Å². The monoisotopic (exact) mass is 345 g/mol. The van der Waals surface area contributed by atoms with Crippen molar-refractivity contribution in [1.82, 2.24) is 15.1 Å². The Labute approximate surface area is 149 Å². The third-order valence-electron chi connectivity index (χ3n) is 5.33. The lowest BCUT2D eigenvalue weighted by Gasteiger charge is -2.42. The molecule has 6 nitrogen and oxygen atoms in total. The fourth-order valence-electron chi connectivity index (χ4n) is 3.95. The number of likely N-dealkylation sites (tertiary alicyclic amines) is 1. The fraction of sp³-hybridized carbons (Fsp3) is 0.579. The number of nitrogens with zero attached hydrogens (tertiary/aromatic N) is 2. The summed E-state index contributed by atoms with van der Waals surface area (Å²) in [5, 5.41) is 2.93. The Kier molecular flexibility index (Phi) is 5.11. The molecule has 0 aromatic heterocycles. The molecule has 2 amide bonds. The smallest absolute Gasteiger partial charge is 0.252 e. The van der Waals surface area contributed by atoms with Crippen molar-refractivity contribution in [2.75, 3.05) is 40.8 Å².